The van der Waals surface area contributed by atoms with Crippen LogP contribution in [0.4, 0.5) is 0 Å². The molecule has 0 rings (SSSR count). The highest BCUT2D eigenvalue weighted by atomic mass is 28.5. The van der Waals surface area contributed by atoms with Gasteiger partial charge in [-0.05, 0) is 123 Å². The molecular formula is C30H78O9Si8. The Labute approximate surface area is 299 Å². The Balaban J connectivity index is 5.45. The van der Waals surface area contributed by atoms with Crippen molar-refractivity contribution in [2.24, 2.45) is 5.41 Å². The van der Waals surface area contributed by atoms with Crippen molar-refractivity contribution in [2.75, 3.05) is 39.6 Å². The Bertz CT molecular complexity index is 733. The van der Waals surface area contributed by atoms with Crippen LogP contribution in [0.5, 0.6) is 0 Å². The molecule has 47 heavy (non-hydrogen) atoms. The molecule has 0 saturated carbocycles. The summed E-state index contributed by atoms with van der Waals surface area (Å²) in [6.07, 6.45) is 1.55. The molecule has 0 aliphatic carbocycles. The first kappa shape index (κ1) is 48.4. The third-order valence-corrected chi connectivity index (χ3v) is 33.7. The van der Waals surface area contributed by atoms with Crippen LogP contribution in [0.3, 0.4) is 0 Å². The first-order chi connectivity index (χ1) is 20.8. The highest BCUT2D eigenvalue weighted by Gasteiger charge is 2.50. The van der Waals surface area contributed by atoms with E-state index in [1.54, 1.807) is 0 Å². The molecule has 0 aliphatic heterocycles. The van der Waals surface area contributed by atoms with Crippen LogP contribution in [-0.2, 0) is 30.0 Å². The third kappa shape index (κ3) is 24.3. The van der Waals surface area contributed by atoms with Crippen LogP contribution >= 0.6 is 0 Å². The second kappa shape index (κ2) is 18.9. The summed E-state index contributed by atoms with van der Waals surface area (Å²) in [7, 11) is -16.3. The SMILES string of the molecule is C[Si](C)(C)C[Si](CCCOCC(CO)(CO)COCCC[Si](O[Si](C)(C)C)(O[Si](C)(C)C)O[Si](C)(C)C)(O[Si](C)(C)C)O[Si](C)(C)C. The van der Waals surface area contributed by atoms with Crippen LogP contribution in [0.25, 0.3) is 0 Å². The van der Waals surface area contributed by atoms with E-state index in [0.29, 0.717) is 19.3 Å². The maximum absolute atomic E-state index is 10.3. The monoisotopic (exact) mass is 806 g/mol. The zero-order chi connectivity index (χ0) is 37.2. The second-order valence-corrected chi connectivity index (χ2v) is 55.5. The fourth-order valence-electron chi connectivity index (χ4n) is 5.51. The molecule has 284 valence electrons. The summed E-state index contributed by atoms with van der Waals surface area (Å²) in [4.78, 5) is 0. The van der Waals surface area contributed by atoms with Gasteiger partial charge in [0.2, 0.25) is 0 Å². The van der Waals surface area contributed by atoms with E-state index >= 15 is 0 Å². The number of hydrogen-bond acceptors (Lipinski definition) is 9. The minimum absolute atomic E-state index is 0.207. The molecule has 0 radical (unpaired) electrons. The predicted molar refractivity (Wildman–Crippen MR) is 219 cm³/mol. The molecule has 0 aromatic heterocycles. The fourth-order valence-corrected chi connectivity index (χ4v) is 40.1. The molecule has 17 heteroatoms. The van der Waals surface area contributed by atoms with Crippen LogP contribution in [0.15, 0.2) is 0 Å². The van der Waals surface area contributed by atoms with Gasteiger partial charge in [-0.1, -0.05) is 19.6 Å². The van der Waals surface area contributed by atoms with Crippen molar-refractivity contribution in [1.29, 1.82) is 0 Å². The zero-order valence-electron chi connectivity index (χ0n) is 34.0. The van der Waals surface area contributed by atoms with Gasteiger partial charge in [0.1, 0.15) is 0 Å². The van der Waals surface area contributed by atoms with Gasteiger partial charge in [0, 0.05) is 27.3 Å². The summed E-state index contributed by atoms with van der Waals surface area (Å²) in [6.45, 7) is 41.5. The van der Waals surface area contributed by atoms with Crippen molar-refractivity contribution < 1.29 is 40.3 Å². The predicted octanol–water partition coefficient (Wildman–Crippen LogP) is 8.29. The van der Waals surface area contributed by atoms with Gasteiger partial charge in [-0.2, -0.15) is 0 Å². The van der Waals surface area contributed by atoms with Crippen LogP contribution in [-0.4, -0.2) is 117 Å². The fraction of sp³-hybridized carbons (Fsp3) is 1.00. The minimum atomic E-state index is -2.93. The van der Waals surface area contributed by atoms with E-state index in [1.807, 2.05) is 0 Å². The number of rotatable bonds is 26. The smallest absolute Gasteiger partial charge is 0.437 e. The lowest BCUT2D eigenvalue weighted by Gasteiger charge is -2.43. The summed E-state index contributed by atoms with van der Waals surface area (Å²) < 4.78 is 46.6. The molecule has 0 aromatic carbocycles. The molecular weight excluding hydrogens is 729 g/mol. The number of aliphatic hydroxyl groups excluding tert-OH is 2. The van der Waals surface area contributed by atoms with E-state index < -0.39 is 72.4 Å². The van der Waals surface area contributed by atoms with Crippen LogP contribution in [0, 0.1) is 5.41 Å². The molecule has 0 saturated heterocycles. The Hall–Kier alpha value is 1.38. The van der Waals surface area contributed by atoms with E-state index in [4.69, 9.17) is 30.0 Å². The minimum Gasteiger partial charge on any atom is -0.437 e. The third-order valence-electron chi connectivity index (χ3n) is 6.27. The molecule has 2 N–H and O–H groups in total. The molecule has 0 aromatic rings. The first-order valence-electron chi connectivity index (χ1n) is 17.7. The highest BCUT2D eigenvalue weighted by Crippen LogP contribution is 2.34. The van der Waals surface area contributed by atoms with Crippen molar-refractivity contribution in [3.63, 3.8) is 0 Å². The van der Waals surface area contributed by atoms with E-state index in [0.717, 1.165) is 24.6 Å². The maximum atomic E-state index is 10.3. The van der Waals surface area contributed by atoms with Gasteiger partial charge in [-0.3, -0.25) is 0 Å². The van der Waals surface area contributed by atoms with E-state index in [-0.39, 0.29) is 26.4 Å². The molecule has 9 nitrogen and oxygen atoms in total. The lowest BCUT2D eigenvalue weighted by Crippen LogP contribution is -2.60. The second-order valence-electron chi connectivity index (χ2n) is 19.5. The van der Waals surface area contributed by atoms with Crippen LogP contribution in [0.2, 0.25) is 136 Å². The highest BCUT2D eigenvalue weighted by molar-refractivity contribution is 6.97. The zero-order valence-corrected chi connectivity index (χ0v) is 42.0. The number of aliphatic hydroxyl groups is 2. The van der Waals surface area contributed by atoms with Gasteiger partial charge in [0.05, 0.1) is 31.8 Å². The molecule has 0 heterocycles. The molecule has 0 spiro atoms. The van der Waals surface area contributed by atoms with Gasteiger partial charge in [-0.25, -0.2) is 0 Å². The Morgan fingerprint density at radius 3 is 1.04 bits per heavy atom. The van der Waals surface area contributed by atoms with Crippen molar-refractivity contribution in [3.05, 3.63) is 0 Å². The summed E-state index contributed by atoms with van der Waals surface area (Å²) in [6, 6.07) is 1.59. The van der Waals surface area contributed by atoms with E-state index in [2.05, 4.69) is 118 Å². The largest absolute Gasteiger partial charge is 0.469 e. The lowest BCUT2D eigenvalue weighted by atomic mass is 9.92. The standard InChI is InChI=1S/C30H78O9Si8/c1-40(2,3)29-46(35-41(4,5)6,36-42(7,8)9)23-19-21-33-27-30(25-31,26-32)28-34-22-20-24-47(37-43(10,11)12,38-44(13,14)15)39-45(16,17)18/h31-32H,19-29H2,1-18H3. The average molecular weight is 808 g/mol. The topological polar surface area (TPSA) is 105 Å². The first-order valence-corrected chi connectivity index (χ1v) is 42.6. The summed E-state index contributed by atoms with van der Waals surface area (Å²) in [5.74, 6) is 0. The van der Waals surface area contributed by atoms with E-state index in [9.17, 15) is 10.2 Å². The number of ether oxygens (including phenoxy) is 2. The molecule has 0 bridgehead atoms. The van der Waals surface area contributed by atoms with Crippen molar-refractivity contribution in [3.8, 4) is 0 Å². The van der Waals surface area contributed by atoms with Crippen molar-refractivity contribution in [1.82, 2.24) is 0 Å². The molecule has 0 atom stereocenters. The Kier molecular flexibility index (Phi) is 19.5. The maximum Gasteiger partial charge on any atom is 0.469 e. The average Bonchev–Trinajstić information content (AvgIpc) is 2.75. The quantitative estimate of drug-likeness (QED) is 0.0660. The lowest BCUT2D eigenvalue weighted by molar-refractivity contribution is -0.0769. The number of hydrogen-bond donors (Lipinski definition) is 2. The molecule has 0 aliphatic rings. The summed E-state index contributed by atoms with van der Waals surface area (Å²) in [5.41, 5.74) is 0.210. The van der Waals surface area contributed by atoms with Gasteiger partial charge in [0.25, 0.3) is 0 Å². The Morgan fingerprint density at radius 2 is 0.766 bits per heavy atom. The van der Waals surface area contributed by atoms with E-state index in [1.165, 1.54) is 0 Å². The van der Waals surface area contributed by atoms with Crippen LogP contribution in [0.1, 0.15) is 12.8 Å². The molecule has 0 fully saturated rings. The van der Waals surface area contributed by atoms with Gasteiger partial charge >= 0.3 is 17.4 Å². The summed E-state index contributed by atoms with van der Waals surface area (Å²) >= 11 is 0. The van der Waals surface area contributed by atoms with Gasteiger partial charge in [-0.15, -0.1) is 0 Å². The normalized spacial score (nSPS) is 15.1. The van der Waals surface area contributed by atoms with Gasteiger partial charge < -0.3 is 40.3 Å². The molecule has 0 unspecified atom stereocenters. The van der Waals surface area contributed by atoms with Crippen molar-refractivity contribution in [2.45, 2.75) is 148 Å². The summed E-state index contributed by atoms with van der Waals surface area (Å²) in [5, 5.41) is 20.7. The molecule has 0 amide bonds. The van der Waals surface area contributed by atoms with Crippen molar-refractivity contribution >= 4 is 67.0 Å². The Morgan fingerprint density at radius 1 is 0.447 bits per heavy atom. The van der Waals surface area contributed by atoms with Gasteiger partial charge in [0.15, 0.2) is 41.6 Å². The van der Waals surface area contributed by atoms with Crippen LogP contribution < -0.4 is 0 Å².